The van der Waals surface area contributed by atoms with Crippen molar-refractivity contribution in [3.63, 3.8) is 0 Å². The second-order valence-electron chi connectivity index (χ2n) is 10.8. The van der Waals surface area contributed by atoms with Gasteiger partial charge in [0, 0.05) is 68.6 Å². The number of nitrogens with zero attached hydrogens (tertiary/aromatic N) is 3. The number of hydrogen-bond acceptors (Lipinski definition) is 8. The molecule has 2 aliphatic heterocycles. The van der Waals surface area contributed by atoms with Crippen LogP contribution >= 0.6 is 0 Å². The number of carbonyl (C=O) groups excluding carboxylic acids is 1. The number of pyridine rings is 1. The Labute approximate surface area is 246 Å². The predicted molar refractivity (Wildman–Crippen MR) is 157 cm³/mol. The van der Waals surface area contributed by atoms with Crippen molar-refractivity contribution in [3.8, 4) is 22.6 Å². The summed E-state index contributed by atoms with van der Waals surface area (Å²) in [5.74, 6) is -2.25. The lowest BCUT2D eigenvalue weighted by Gasteiger charge is -2.41. The number of amides is 1. The number of methoxy groups -OCH3 is 1. The minimum absolute atomic E-state index is 0.102. The molecule has 0 aliphatic carbocycles. The number of carbonyl (C=O) groups is 1. The zero-order valence-electron chi connectivity index (χ0n) is 23.8. The molecule has 43 heavy (non-hydrogen) atoms. The van der Waals surface area contributed by atoms with E-state index in [2.05, 4.69) is 20.3 Å². The molecule has 0 unspecified atom stereocenters. The SMILES string of the molecule is COCCCN(C)C(=O)c1ccc(-c2c[nH]c3nccc(Oc4c(F)cc(NC5=NCC6(COC6)CO5)cc4F)c23)cc1. The molecule has 224 valence electrons. The summed E-state index contributed by atoms with van der Waals surface area (Å²) in [6.45, 7) is 3.26. The van der Waals surface area contributed by atoms with Gasteiger partial charge in [0.2, 0.25) is 0 Å². The molecule has 10 nitrogen and oxygen atoms in total. The van der Waals surface area contributed by atoms with Crippen LogP contribution in [0.5, 0.6) is 11.5 Å². The molecule has 4 aromatic rings. The zero-order chi connectivity index (χ0) is 30.0. The highest BCUT2D eigenvalue weighted by Gasteiger charge is 2.42. The Kier molecular flexibility index (Phi) is 7.96. The molecule has 4 heterocycles. The lowest BCUT2D eigenvalue weighted by molar-refractivity contribution is -0.132. The van der Waals surface area contributed by atoms with Crippen LogP contribution in [-0.2, 0) is 14.2 Å². The first-order chi connectivity index (χ1) is 20.9. The maximum atomic E-state index is 15.2. The topological polar surface area (TPSA) is 110 Å². The number of H-pyrrole nitrogens is 1. The van der Waals surface area contributed by atoms with Crippen molar-refractivity contribution < 1.29 is 32.5 Å². The van der Waals surface area contributed by atoms with E-state index in [-0.39, 0.29) is 28.8 Å². The fraction of sp³-hybridized carbons (Fsp3) is 0.323. The third-order valence-corrected chi connectivity index (χ3v) is 7.52. The molecule has 2 aromatic carbocycles. The van der Waals surface area contributed by atoms with Crippen molar-refractivity contribution in [2.24, 2.45) is 10.4 Å². The summed E-state index contributed by atoms with van der Waals surface area (Å²) in [6, 6.07) is 11.1. The molecule has 1 fully saturated rings. The van der Waals surface area contributed by atoms with E-state index < -0.39 is 17.4 Å². The molecule has 0 atom stereocenters. The number of fused-ring (bicyclic) bond motifs is 1. The first-order valence-electron chi connectivity index (χ1n) is 13.9. The second-order valence-corrected chi connectivity index (χ2v) is 10.8. The predicted octanol–water partition coefficient (Wildman–Crippen LogP) is 5.22. The summed E-state index contributed by atoms with van der Waals surface area (Å²) in [4.78, 5) is 26.2. The van der Waals surface area contributed by atoms with Crippen LogP contribution in [0.2, 0.25) is 0 Å². The first kappa shape index (κ1) is 28.6. The largest absolute Gasteiger partial charge is 0.464 e. The minimum Gasteiger partial charge on any atom is -0.464 e. The van der Waals surface area contributed by atoms with E-state index in [0.29, 0.717) is 61.7 Å². The van der Waals surface area contributed by atoms with Crippen molar-refractivity contribution >= 4 is 28.6 Å². The summed E-state index contributed by atoms with van der Waals surface area (Å²) in [6.07, 6.45) is 3.97. The van der Waals surface area contributed by atoms with Crippen LogP contribution in [0, 0.1) is 17.0 Å². The molecule has 1 saturated heterocycles. The van der Waals surface area contributed by atoms with Gasteiger partial charge in [0.15, 0.2) is 17.4 Å². The summed E-state index contributed by atoms with van der Waals surface area (Å²) in [7, 11) is 3.38. The first-order valence-corrected chi connectivity index (χ1v) is 13.9. The zero-order valence-corrected chi connectivity index (χ0v) is 23.8. The molecular weight excluding hydrogens is 560 g/mol. The highest BCUT2D eigenvalue weighted by Crippen LogP contribution is 2.39. The van der Waals surface area contributed by atoms with E-state index in [0.717, 1.165) is 24.1 Å². The molecule has 0 saturated carbocycles. The van der Waals surface area contributed by atoms with Crippen molar-refractivity contribution in [2.75, 3.05) is 59.0 Å². The summed E-state index contributed by atoms with van der Waals surface area (Å²) >= 11 is 0. The Morgan fingerprint density at radius 3 is 2.56 bits per heavy atom. The minimum atomic E-state index is -0.901. The lowest BCUT2D eigenvalue weighted by atomic mass is 9.87. The van der Waals surface area contributed by atoms with Gasteiger partial charge in [0.25, 0.3) is 11.9 Å². The number of aromatic amines is 1. The molecular formula is C31H31F2N5O5. The van der Waals surface area contributed by atoms with E-state index in [4.69, 9.17) is 18.9 Å². The van der Waals surface area contributed by atoms with Gasteiger partial charge in [-0.25, -0.2) is 18.8 Å². The number of benzene rings is 2. The number of amidine groups is 1. The van der Waals surface area contributed by atoms with Crippen molar-refractivity contribution in [1.82, 2.24) is 14.9 Å². The Balaban J connectivity index is 1.21. The highest BCUT2D eigenvalue weighted by molar-refractivity contribution is 5.99. The van der Waals surface area contributed by atoms with Crippen molar-refractivity contribution in [1.29, 1.82) is 0 Å². The van der Waals surface area contributed by atoms with Crippen LogP contribution in [0.1, 0.15) is 16.8 Å². The quantitative estimate of drug-likeness (QED) is 0.257. The number of ether oxygens (including phenoxy) is 4. The average Bonchev–Trinajstić information content (AvgIpc) is 3.43. The number of anilines is 1. The van der Waals surface area contributed by atoms with Gasteiger partial charge in [0.1, 0.15) is 18.0 Å². The molecule has 2 aliphatic rings. The molecule has 1 spiro atoms. The monoisotopic (exact) mass is 591 g/mol. The maximum absolute atomic E-state index is 15.2. The normalized spacial score (nSPS) is 15.5. The number of hydrogen-bond donors (Lipinski definition) is 2. The Hall–Kier alpha value is -4.55. The summed E-state index contributed by atoms with van der Waals surface area (Å²) in [5, 5.41) is 3.37. The van der Waals surface area contributed by atoms with Gasteiger partial charge in [-0.15, -0.1) is 0 Å². The van der Waals surface area contributed by atoms with Crippen molar-refractivity contribution in [3.05, 3.63) is 72.1 Å². The van der Waals surface area contributed by atoms with Crippen molar-refractivity contribution in [2.45, 2.75) is 6.42 Å². The maximum Gasteiger partial charge on any atom is 0.289 e. The second kappa shape index (κ2) is 12.0. The van der Waals surface area contributed by atoms with Gasteiger partial charge in [-0.1, -0.05) is 12.1 Å². The van der Waals surface area contributed by atoms with Gasteiger partial charge in [-0.2, -0.15) is 0 Å². The van der Waals surface area contributed by atoms with E-state index >= 15 is 8.78 Å². The highest BCUT2D eigenvalue weighted by atomic mass is 19.1. The van der Waals surface area contributed by atoms with Crippen LogP contribution in [0.25, 0.3) is 22.2 Å². The van der Waals surface area contributed by atoms with Crippen LogP contribution < -0.4 is 10.1 Å². The van der Waals surface area contributed by atoms with Gasteiger partial charge in [0.05, 0.1) is 30.6 Å². The summed E-state index contributed by atoms with van der Waals surface area (Å²) in [5.41, 5.74) is 2.53. The fourth-order valence-electron chi connectivity index (χ4n) is 5.06. The molecule has 0 bridgehead atoms. The number of aromatic nitrogens is 2. The molecule has 1 amide bonds. The Bertz CT molecular complexity index is 1650. The van der Waals surface area contributed by atoms with E-state index in [1.54, 1.807) is 43.5 Å². The molecule has 12 heteroatoms. The number of rotatable bonds is 9. The lowest BCUT2D eigenvalue weighted by Crippen LogP contribution is -2.51. The fourth-order valence-corrected chi connectivity index (χ4v) is 5.06. The number of aliphatic imine (C=N–C) groups is 1. The summed E-state index contributed by atoms with van der Waals surface area (Å²) < 4.78 is 52.2. The van der Waals surface area contributed by atoms with Crippen LogP contribution in [0.4, 0.5) is 14.5 Å². The van der Waals surface area contributed by atoms with Gasteiger partial charge < -0.3 is 34.1 Å². The van der Waals surface area contributed by atoms with Gasteiger partial charge in [-0.05, 0) is 30.2 Å². The van der Waals surface area contributed by atoms with E-state index in [9.17, 15) is 4.79 Å². The van der Waals surface area contributed by atoms with Gasteiger partial charge in [-0.3, -0.25) is 4.79 Å². The standard InChI is InChI=1S/C31H31F2N5O5/c1-38(10-3-11-40-2)29(39)20-6-4-19(5-7-20)22-14-35-28-26(22)25(8-9-34-28)43-27-23(32)12-21(13-24(27)33)37-30-36-15-31(18-42-30)16-41-17-31/h4-9,12-14H,3,10-11,15-18H2,1-2H3,(H,34,35)(H,36,37). The number of nitrogens with one attached hydrogen (secondary N) is 2. The van der Waals surface area contributed by atoms with E-state index in [1.807, 2.05) is 12.1 Å². The molecule has 0 radical (unpaired) electrons. The molecule has 6 rings (SSSR count). The third-order valence-electron chi connectivity index (χ3n) is 7.52. The Morgan fingerprint density at radius 2 is 1.91 bits per heavy atom. The smallest absolute Gasteiger partial charge is 0.289 e. The third kappa shape index (κ3) is 5.88. The Morgan fingerprint density at radius 1 is 1.14 bits per heavy atom. The molecule has 2 aromatic heterocycles. The van der Waals surface area contributed by atoms with Crippen LogP contribution in [-0.4, -0.2) is 80.5 Å². The molecule has 2 N–H and O–H groups in total. The van der Waals surface area contributed by atoms with Gasteiger partial charge >= 0.3 is 0 Å². The van der Waals surface area contributed by atoms with E-state index in [1.165, 1.54) is 6.20 Å². The van der Waals surface area contributed by atoms with Crippen LogP contribution in [0.15, 0.2) is 59.9 Å². The average molecular weight is 592 g/mol. The number of halogens is 2. The van der Waals surface area contributed by atoms with Crippen LogP contribution in [0.3, 0.4) is 0 Å².